The highest BCUT2D eigenvalue weighted by atomic mass is 35.5. The topological polar surface area (TPSA) is 41.1 Å². The van der Waals surface area contributed by atoms with Gasteiger partial charge in [-0.2, -0.15) is 13.2 Å². The summed E-state index contributed by atoms with van der Waals surface area (Å²) in [6, 6.07) is 10.8. The summed E-state index contributed by atoms with van der Waals surface area (Å²) >= 11 is 5.69. The third-order valence-corrected chi connectivity index (χ3v) is 2.90. The van der Waals surface area contributed by atoms with Crippen LogP contribution in [0.3, 0.4) is 0 Å². The molecule has 0 aliphatic carbocycles. The van der Waals surface area contributed by atoms with Gasteiger partial charge in [0.05, 0.1) is 11.3 Å². The van der Waals surface area contributed by atoms with Gasteiger partial charge in [-0.1, -0.05) is 23.7 Å². The summed E-state index contributed by atoms with van der Waals surface area (Å²) in [7, 11) is 0. The third-order valence-electron chi connectivity index (χ3n) is 2.65. The molecule has 0 heterocycles. The summed E-state index contributed by atoms with van der Waals surface area (Å²) in [6.45, 7) is 0. The Labute approximate surface area is 123 Å². The molecule has 0 aliphatic rings. The van der Waals surface area contributed by atoms with Gasteiger partial charge in [-0.05, 0) is 36.4 Å². The predicted octanol–water partition coefficient (Wildman–Crippen LogP) is 4.12. The molecule has 3 nitrogen and oxygen atoms in total. The zero-order valence-corrected chi connectivity index (χ0v) is 11.3. The Kier molecular flexibility index (Phi) is 4.37. The van der Waals surface area contributed by atoms with Crippen LogP contribution in [0.5, 0.6) is 0 Å². The zero-order valence-electron chi connectivity index (χ0n) is 10.5. The van der Waals surface area contributed by atoms with E-state index in [2.05, 4.69) is 10.9 Å². The van der Waals surface area contributed by atoms with E-state index in [1.807, 2.05) is 0 Å². The van der Waals surface area contributed by atoms with E-state index in [-0.39, 0.29) is 11.3 Å². The average molecular weight is 315 g/mol. The van der Waals surface area contributed by atoms with Gasteiger partial charge in [0.2, 0.25) is 0 Å². The normalized spacial score (nSPS) is 11.0. The van der Waals surface area contributed by atoms with Crippen LogP contribution in [0.25, 0.3) is 0 Å². The fourth-order valence-corrected chi connectivity index (χ4v) is 1.76. The predicted molar refractivity (Wildman–Crippen MR) is 74.0 cm³/mol. The Morgan fingerprint density at radius 1 is 1.00 bits per heavy atom. The monoisotopic (exact) mass is 314 g/mol. The van der Waals surface area contributed by atoms with Crippen LogP contribution in [0.2, 0.25) is 5.02 Å². The Balaban J connectivity index is 2.10. The number of hydrogen-bond donors (Lipinski definition) is 2. The van der Waals surface area contributed by atoms with Crippen molar-refractivity contribution in [1.29, 1.82) is 0 Å². The van der Waals surface area contributed by atoms with Gasteiger partial charge in [0.25, 0.3) is 5.91 Å². The summed E-state index contributed by atoms with van der Waals surface area (Å²) in [4.78, 5) is 11.8. The molecule has 0 aromatic heterocycles. The third kappa shape index (κ3) is 3.88. The molecule has 0 spiro atoms. The highest BCUT2D eigenvalue weighted by Gasteiger charge is 2.33. The van der Waals surface area contributed by atoms with Crippen molar-refractivity contribution in [3.63, 3.8) is 0 Å². The van der Waals surface area contributed by atoms with E-state index in [1.165, 1.54) is 42.5 Å². The molecule has 0 aliphatic heterocycles. The SMILES string of the molecule is O=C(NNc1ccccc1C(F)(F)F)c1ccc(Cl)cc1. The molecule has 110 valence electrons. The summed E-state index contributed by atoms with van der Waals surface area (Å²) in [5.74, 6) is -0.566. The summed E-state index contributed by atoms with van der Waals surface area (Å²) in [5, 5.41) is 0.460. The van der Waals surface area contributed by atoms with Gasteiger partial charge in [-0.15, -0.1) is 0 Å². The number of rotatable bonds is 3. The second-order valence-electron chi connectivity index (χ2n) is 4.13. The number of carbonyl (C=O) groups excluding carboxylic acids is 1. The molecule has 1 amide bonds. The van der Waals surface area contributed by atoms with Crippen LogP contribution < -0.4 is 10.9 Å². The van der Waals surface area contributed by atoms with Gasteiger partial charge in [0.15, 0.2) is 0 Å². The highest BCUT2D eigenvalue weighted by Crippen LogP contribution is 2.34. The van der Waals surface area contributed by atoms with Crippen LogP contribution in [0, 0.1) is 0 Å². The van der Waals surface area contributed by atoms with E-state index in [1.54, 1.807) is 0 Å². The maximum Gasteiger partial charge on any atom is 0.418 e. The van der Waals surface area contributed by atoms with Crippen LogP contribution in [-0.2, 0) is 6.18 Å². The molecular weight excluding hydrogens is 305 g/mol. The van der Waals surface area contributed by atoms with Crippen LogP contribution >= 0.6 is 11.6 Å². The molecule has 7 heteroatoms. The smallest absolute Gasteiger partial charge is 0.298 e. The first-order valence-electron chi connectivity index (χ1n) is 5.86. The van der Waals surface area contributed by atoms with E-state index in [9.17, 15) is 18.0 Å². The fraction of sp³-hybridized carbons (Fsp3) is 0.0714. The van der Waals surface area contributed by atoms with Gasteiger partial charge < -0.3 is 0 Å². The van der Waals surface area contributed by atoms with E-state index in [4.69, 9.17) is 11.6 Å². The molecule has 21 heavy (non-hydrogen) atoms. The molecule has 2 N–H and O–H groups in total. The zero-order chi connectivity index (χ0) is 15.5. The largest absolute Gasteiger partial charge is 0.418 e. The van der Waals surface area contributed by atoms with Gasteiger partial charge in [0.1, 0.15) is 0 Å². The number of carbonyl (C=O) groups is 1. The van der Waals surface area contributed by atoms with E-state index in [0.29, 0.717) is 5.02 Å². The molecule has 2 aromatic carbocycles. The Bertz CT molecular complexity index is 641. The van der Waals surface area contributed by atoms with Crippen molar-refractivity contribution in [2.45, 2.75) is 6.18 Å². The lowest BCUT2D eigenvalue weighted by Gasteiger charge is -2.14. The van der Waals surface area contributed by atoms with Crippen LogP contribution in [0.4, 0.5) is 18.9 Å². The lowest BCUT2D eigenvalue weighted by atomic mass is 10.2. The molecular formula is C14H10ClF3N2O. The van der Waals surface area contributed by atoms with Gasteiger partial charge >= 0.3 is 6.18 Å². The standard InChI is InChI=1S/C14H10ClF3N2O/c15-10-7-5-9(6-8-10)13(21)20-19-12-4-2-1-3-11(12)14(16,17)18/h1-8,19H,(H,20,21). The number of amides is 1. The first-order valence-corrected chi connectivity index (χ1v) is 6.24. The number of hydrazine groups is 1. The van der Waals surface area contributed by atoms with Crippen molar-refractivity contribution >= 4 is 23.2 Å². The minimum atomic E-state index is -4.51. The van der Waals surface area contributed by atoms with E-state index in [0.717, 1.165) is 6.07 Å². The molecule has 0 fully saturated rings. The molecule has 0 saturated heterocycles. The molecule has 2 aromatic rings. The Morgan fingerprint density at radius 2 is 1.62 bits per heavy atom. The van der Waals surface area contributed by atoms with Crippen molar-refractivity contribution in [1.82, 2.24) is 5.43 Å². The Morgan fingerprint density at radius 3 is 2.24 bits per heavy atom. The van der Waals surface area contributed by atoms with Gasteiger partial charge in [-0.3, -0.25) is 15.6 Å². The molecule has 2 rings (SSSR count). The van der Waals surface area contributed by atoms with Crippen molar-refractivity contribution in [2.24, 2.45) is 0 Å². The minimum Gasteiger partial charge on any atom is -0.298 e. The van der Waals surface area contributed by atoms with Crippen molar-refractivity contribution < 1.29 is 18.0 Å². The second-order valence-corrected chi connectivity index (χ2v) is 4.57. The highest BCUT2D eigenvalue weighted by molar-refractivity contribution is 6.30. The molecule has 0 saturated carbocycles. The summed E-state index contributed by atoms with van der Waals surface area (Å²) in [5.41, 5.74) is 3.68. The second kappa shape index (κ2) is 6.05. The van der Waals surface area contributed by atoms with Crippen molar-refractivity contribution in [3.05, 3.63) is 64.7 Å². The average Bonchev–Trinajstić information content (AvgIpc) is 2.45. The van der Waals surface area contributed by atoms with Crippen LogP contribution in [0.15, 0.2) is 48.5 Å². The fourth-order valence-electron chi connectivity index (χ4n) is 1.64. The number of para-hydroxylation sites is 1. The van der Waals surface area contributed by atoms with Gasteiger partial charge in [0, 0.05) is 10.6 Å². The number of hydrogen-bond acceptors (Lipinski definition) is 2. The first kappa shape index (κ1) is 15.2. The van der Waals surface area contributed by atoms with Crippen LogP contribution in [-0.4, -0.2) is 5.91 Å². The van der Waals surface area contributed by atoms with Gasteiger partial charge in [-0.25, -0.2) is 0 Å². The minimum absolute atomic E-state index is 0.229. The maximum absolute atomic E-state index is 12.8. The molecule has 0 atom stereocenters. The summed E-state index contributed by atoms with van der Waals surface area (Å²) < 4.78 is 38.3. The maximum atomic E-state index is 12.8. The number of alkyl halides is 3. The quantitative estimate of drug-likeness (QED) is 0.837. The van der Waals surface area contributed by atoms with Crippen molar-refractivity contribution in [3.8, 4) is 0 Å². The first-order chi connectivity index (χ1) is 9.88. The van der Waals surface area contributed by atoms with Crippen LogP contribution in [0.1, 0.15) is 15.9 Å². The molecule has 0 unspecified atom stereocenters. The lowest BCUT2D eigenvalue weighted by molar-refractivity contribution is -0.137. The number of nitrogens with one attached hydrogen (secondary N) is 2. The van der Waals surface area contributed by atoms with E-state index >= 15 is 0 Å². The number of halogens is 4. The Hall–Kier alpha value is -2.21. The molecule has 0 bridgehead atoms. The number of anilines is 1. The van der Waals surface area contributed by atoms with E-state index < -0.39 is 17.6 Å². The molecule has 0 radical (unpaired) electrons. The summed E-state index contributed by atoms with van der Waals surface area (Å²) in [6.07, 6.45) is -4.51. The number of benzene rings is 2. The lowest BCUT2D eigenvalue weighted by Crippen LogP contribution is -2.30. The van der Waals surface area contributed by atoms with Crippen molar-refractivity contribution in [2.75, 3.05) is 5.43 Å².